The molecule has 0 saturated carbocycles. The molecule has 2 aromatic carbocycles. The maximum Gasteiger partial charge on any atom is 0.257 e. The van der Waals surface area contributed by atoms with Crippen LogP contribution in [0.4, 0.5) is 5.82 Å². The van der Waals surface area contributed by atoms with E-state index in [1.807, 2.05) is 0 Å². The second kappa shape index (κ2) is 8.68. The number of aromatic nitrogens is 1. The molecule has 0 radical (unpaired) electrons. The van der Waals surface area contributed by atoms with Gasteiger partial charge in [0.25, 0.3) is 5.91 Å². The van der Waals surface area contributed by atoms with E-state index < -0.39 is 21.8 Å². The van der Waals surface area contributed by atoms with Crippen LogP contribution in [0.15, 0.2) is 70.0 Å². The summed E-state index contributed by atoms with van der Waals surface area (Å²) in [4.78, 5) is 17.3. The molecule has 0 aliphatic rings. The summed E-state index contributed by atoms with van der Waals surface area (Å²) in [6, 6.07) is 16.0. The number of pyridine rings is 1. The number of carbonyl (C=O) groups excluding carboxylic acids is 1. The van der Waals surface area contributed by atoms with Crippen LogP contribution in [-0.2, 0) is 9.84 Å². The molecule has 0 spiro atoms. The van der Waals surface area contributed by atoms with Crippen LogP contribution < -0.4 is 10.1 Å². The van der Waals surface area contributed by atoms with E-state index in [-0.39, 0.29) is 10.5 Å². The van der Waals surface area contributed by atoms with Gasteiger partial charge >= 0.3 is 0 Å². The highest BCUT2D eigenvalue weighted by atomic mass is 32.2. The minimum atomic E-state index is -3.33. The van der Waals surface area contributed by atoms with Crippen LogP contribution in [-0.4, -0.2) is 30.7 Å². The Morgan fingerprint density at radius 2 is 1.85 bits per heavy atom. The van der Waals surface area contributed by atoms with Crippen molar-refractivity contribution in [2.75, 3.05) is 11.6 Å². The van der Waals surface area contributed by atoms with Gasteiger partial charge in [0.15, 0.2) is 9.84 Å². The van der Waals surface area contributed by atoms with E-state index >= 15 is 0 Å². The number of amides is 1. The first kappa shape index (κ1) is 22.5. The van der Waals surface area contributed by atoms with Gasteiger partial charge in [-0.3, -0.25) is 4.79 Å². The Morgan fingerprint density at radius 3 is 2.52 bits per heavy atom. The van der Waals surface area contributed by atoms with Crippen molar-refractivity contribution < 1.29 is 27.5 Å². The summed E-state index contributed by atoms with van der Waals surface area (Å²) in [6.45, 7) is 3.38. The minimum absolute atomic E-state index is 0.180. The summed E-state index contributed by atoms with van der Waals surface area (Å²) in [6.07, 6.45) is 0.368. The van der Waals surface area contributed by atoms with E-state index in [0.717, 1.165) is 6.26 Å². The third kappa shape index (κ3) is 5.05. The van der Waals surface area contributed by atoms with Crippen LogP contribution in [0.25, 0.3) is 11.0 Å². The van der Waals surface area contributed by atoms with Crippen LogP contribution in [0.3, 0.4) is 0 Å². The number of fused-ring (bicyclic) bond motifs is 1. The molecule has 1 unspecified atom stereocenters. The molecule has 2 N–H and O–H groups in total. The highest BCUT2D eigenvalue weighted by Gasteiger charge is 2.16. The number of aryl methyl sites for hydroxylation is 1. The molecule has 9 heteroatoms. The zero-order chi connectivity index (χ0) is 23.8. The fourth-order valence-corrected chi connectivity index (χ4v) is 3.90. The Hall–Kier alpha value is -3.69. The van der Waals surface area contributed by atoms with Gasteiger partial charge in [-0.2, -0.15) is 0 Å². The number of hydrogen-bond donors (Lipinski definition) is 2. The van der Waals surface area contributed by atoms with Gasteiger partial charge in [0.05, 0.1) is 22.1 Å². The lowest BCUT2D eigenvalue weighted by Crippen LogP contribution is -2.13. The molecule has 0 aliphatic carbocycles. The van der Waals surface area contributed by atoms with Crippen LogP contribution in [0, 0.1) is 6.92 Å². The Balaban J connectivity index is 1.66. The number of nitrogens with one attached hydrogen (secondary N) is 1. The molecule has 33 heavy (non-hydrogen) atoms. The van der Waals surface area contributed by atoms with E-state index in [1.165, 1.54) is 12.1 Å². The van der Waals surface area contributed by atoms with Crippen LogP contribution >= 0.6 is 0 Å². The lowest BCUT2D eigenvalue weighted by atomic mass is 10.1. The van der Waals surface area contributed by atoms with Gasteiger partial charge in [-0.1, -0.05) is 6.07 Å². The van der Waals surface area contributed by atoms with Crippen molar-refractivity contribution in [1.82, 2.24) is 4.98 Å². The SMILES string of the molecule is Cc1cc2c(Oc3ccc(S(C)(=O)=O)cc3)cc(C(=O)Nc3cccc(C(C)O)n3)cc2o1. The summed E-state index contributed by atoms with van der Waals surface area (Å²) in [5, 5.41) is 13.1. The first-order valence-corrected chi connectivity index (χ1v) is 12.0. The molecule has 1 atom stereocenters. The van der Waals surface area contributed by atoms with E-state index in [4.69, 9.17) is 9.15 Å². The molecule has 8 nitrogen and oxygen atoms in total. The number of rotatable bonds is 6. The average Bonchev–Trinajstić information content (AvgIpc) is 3.14. The molecule has 2 heterocycles. The lowest BCUT2D eigenvalue weighted by molar-refractivity contribution is 0.102. The molecule has 0 bridgehead atoms. The number of sulfone groups is 1. The average molecular weight is 467 g/mol. The predicted molar refractivity (Wildman–Crippen MR) is 123 cm³/mol. The van der Waals surface area contributed by atoms with Gasteiger partial charge in [-0.25, -0.2) is 13.4 Å². The molecular formula is C24H22N2O6S. The topological polar surface area (TPSA) is 119 Å². The summed E-state index contributed by atoms with van der Waals surface area (Å²) >= 11 is 0. The quantitative estimate of drug-likeness (QED) is 0.425. The van der Waals surface area contributed by atoms with Crippen molar-refractivity contribution in [2.45, 2.75) is 24.8 Å². The van der Waals surface area contributed by atoms with Gasteiger partial charge in [-0.15, -0.1) is 0 Å². The zero-order valence-electron chi connectivity index (χ0n) is 18.2. The van der Waals surface area contributed by atoms with Crippen molar-refractivity contribution in [3.05, 3.63) is 77.7 Å². The summed E-state index contributed by atoms with van der Waals surface area (Å²) in [5.41, 5.74) is 1.18. The van der Waals surface area contributed by atoms with Gasteiger partial charge in [0.1, 0.15) is 28.7 Å². The van der Waals surface area contributed by atoms with Crippen LogP contribution in [0.2, 0.25) is 0 Å². The van der Waals surface area contributed by atoms with Crippen LogP contribution in [0.1, 0.15) is 34.8 Å². The molecule has 0 aliphatic heterocycles. The largest absolute Gasteiger partial charge is 0.461 e. The van der Waals surface area contributed by atoms with E-state index in [1.54, 1.807) is 62.4 Å². The maximum atomic E-state index is 12.9. The fraction of sp³-hybridized carbons (Fsp3) is 0.167. The number of ether oxygens (including phenoxy) is 1. The molecule has 4 aromatic rings. The molecule has 0 saturated heterocycles. The monoisotopic (exact) mass is 466 g/mol. The number of furan rings is 1. The number of nitrogens with zero attached hydrogens (tertiary/aromatic N) is 1. The zero-order valence-corrected chi connectivity index (χ0v) is 19.0. The number of hydrogen-bond acceptors (Lipinski definition) is 7. The summed E-state index contributed by atoms with van der Waals surface area (Å²) in [5.74, 6) is 1.30. The highest BCUT2D eigenvalue weighted by Crippen LogP contribution is 2.34. The van der Waals surface area contributed by atoms with Crippen molar-refractivity contribution in [3.8, 4) is 11.5 Å². The molecule has 0 fully saturated rings. The molecule has 1 amide bonds. The molecule has 2 aromatic heterocycles. The molecule has 170 valence electrons. The summed E-state index contributed by atoms with van der Waals surface area (Å²) < 4.78 is 35.1. The second-order valence-corrected chi connectivity index (χ2v) is 9.68. The van der Waals surface area contributed by atoms with Gasteiger partial charge < -0.3 is 19.6 Å². The highest BCUT2D eigenvalue weighted by molar-refractivity contribution is 7.90. The number of carbonyl (C=O) groups is 1. The van der Waals surface area contributed by atoms with Crippen molar-refractivity contribution >= 4 is 32.5 Å². The Kier molecular flexibility index (Phi) is 5.92. The number of aliphatic hydroxyl groups excluding tert-OH is 1. The van der Waals surface area contributed by atoms with Gasteiger partial charge in [0.2, 0.25) is 0 Å². The summed E-state index contributed by atoms with van der Waals surface area (Å²) in [7, 11) is -3.33. The molecular weight excluding hydrogens is 444 g/mol. The number of aliphatic hydroxyl groups is 1. The Morgan fingerprint density at radius 1 is 1.12 bits per heavy atom. The first-order valence-electron chi connectivity index (χ1n) is 10.1. The maximum absolute atomic E-state index is 12.9. The molecule has 4 rings (SSSR count). The van der Waals surface area contributed by atoms with Crippen molar-refractivity contribution in [3.63, 3.8) is 0 Å². The Labute approximate surface area is 190 Å². The van der Waals surface area contributed by atoms with Crippen molar-refractivity contribution in [1.29, 1.82) is 0 Å². The standard InChI is InChI=1S/C24H22N2O6S/c1-14-11-19-21(31-14)12-16(24(28)26-23-6-4-5-20(25-23)15(2)27)13-22(19)32-17-7-9-18(10-8-17)33(3,29)30/h4-13,15,27H,1-3H3,(H,25,26,28). The van der Waals surface area contributed by atoms with E-state index in [9.17, 15) is 18.3 Å². The minimum Gasteiger partial charge on any atom is -0.461 e. The third-order valence-electron chi connectivity index (χ3n) is 4.90. The smallest absolute Gasteiger partial charge is 0.257 e. The van der Waals surface area contributed by atoms with E-state index in [2.05, 4.69) is 10.3 Å². The predicted octanol–water partition coefficient (Wildman–Crippen LogP) is 4.64. The fourth-order valence-electron chi connectivity index (χ4n) is 3.27. The van der Waals surface area contributed by atoms with Gasteiger partial charge in [0, 0.05) is 11.8 Å². The van der Waals surface area contributed by atoms with E-state index in [0.29, 0.717) is 39.7 Å². The van der Waals surface area contributed by atoms with Crippen molar-refractivity contribution in [2.24, 2.45) is 0 Å². The normalized spacial score (nSPS) is 12.5. The van der Waals surface area contributed by atoms with Crippen LogP contribution in [0.5, 0.6) is 11.5 Å². The number of anilines is 1. The Bertz CT molecular complexity index is 1440. The number of benzene rings is 2. The van der Waals surface area contributed by atoms with Gasteiger partial charge in [-0.05, 0) is 68.4 Å². The third-order valence-corrected chi connectivity index (χ3v) is 6.03. The first-order chi connectivity index (χ1) is 15.6. The lowest BCUT2D eigenvalue weighted by Gasteiger charge is -2.11. The second-order valence-electron chi connectivity index (χ2n) is 7.67.